The SMILES string of the molecule is COCCC(=O)Nc1nnc(CCN)s1. The molecule has 1 aromatic rings. The summed E-state index contributed by atoms with van der Waals surface area (Å²) in [5.74, 6) is -0.118. The summed E-state index contributed by atoms with van der Waals surface area (Å²) in [7, 11) is 1.55. The lowest BCUT2D eigenvalue weighted by Gasteiger charge is -1.98. The number of carbonyl (C=O) groups is 1. The Balaban J connectivity index is 2.39. The van der Waals surface area contributed by atoms with Crippen LogP contribution in [0.15, 0.2) is 0 Å². The standard InChI is InChI=1S/C8H14N4O2S/c1-14-5-3-6(13)10-8-12-11-7(15-8)2-4-9/h2-5,9H2,1H3,(H,10,12,13). The summed E-state index contributed by atoms with van der Waals surface area (Å²) >= 11 is 1.34. The highest BCUT2D eigenvalue weighted by atomic mass is 32.1. The van der Waals surface area contributed by atoms with Gasteiger partial charge in [-0.15, -0.1) is 10.2 Å². The second-order valence-corrected chi connectivity index (χ2v) is 3.89. The van der Waals surface area contributed by atoms with E-state index in [1.165, 1.54) is 11.3 Å². The number of hydrogen-bond acceptors (Lipinski definition) is 6. The molecule has 0 aromatic carbocycles. The van der Waals surface area contributed by atoms with Gasteiger partial charge in [0.1, 0.15) is 5.01 Å². The number of aromatic nitrogens is 2. The Kier molecular flexibility index (Phi) is 5.16. The molecule has 84 valence electrons. The van der Waals surface area contributed by atoms with E-state index in [9.17, 15) is 4.79 Å². The van der Waals surface area contributed by atoms with Gasteiger partial charge in [0.2, 0.25) is 11.0 Å². The molecule has 0 aliphatic rings. The van der Waals surface area contributed by atoms with Gasteiger partial charge in [0.25, 0.3) is 0 Å². The fourth-order valence-electron chi connectivity index (χ4n) is 0.905. The fraction of sp³-hybridized carbons (Fsp3) is 0.625. The van der Waals surface area contributed by atoms with Crippen LogP contribution < -0.4 is 11.1 Å². The second-order valence-electron chi connectivity index (χ2n) is 2.83. The monoisotopic (exact) mass is 230 g/mol. The minimum atomic E-state index is -0.118. The Bertz CT molecular complexity index is 315. The molecule has 7 heteroatoms. The molecule has 0 unspecified atom stereocenters. The second kappa shape index (κ2) is 6.44. The Morgan fingerprint density at radius 1 is 1.60 bits per heavy atom. The van der Waals surface area contributed by atoms with Gasteiger partial charge in [-0.25, -0.2) is 0 Å². The molecule has 0 saturated heterocycles. The first-order valence-corrected chi connectivity index (χ1v) is 5.39. The maximum absolute atomic E-state index is 11.3. The van der Waals surface area contributed by atoms with Gasteiger partial charge in [-0.05, 0) is 6.54 Å². The summed E-state index contributed by atoms with van der Waals surface area (Å²) in [6, 6.07) is 0. The van der Waals surface area contributed by atoms with Crippen LogP contribution in [-0.4, -0.2) is 36.4 Å². The molecule has 6 nitrogen and oxygen atoms in total. The van der Waals surface area contributed by atoms with E-state index >= 15 is 0 Å². The van der Waals surface area contributed by atoms with Crippen molar-refractivity contribution in [3.63, 3.8) is 0 Å². The third-order valence-electron chi connectivity index (χ3n) is 1.60. The topological polar surface area (TPSA) is 90.1 Å². The van der Waals surface area contributed by atoms with Crippen molar-refractivity contribution in [2.45, 2.75) is 12.8 Å². The maximum Gasteiger partial charge on any atom is 0.228 e. The first kappa shape index (κ1) is 12.0. The van der Waals surface area contributed by atoms with E-state index in [1.807, 2.05) is 0 Å². The minimum Gasteiger partial charge on any atom is -0.384 e. The van der Waals surface area contributed by atoms with Gasteiger partial charge in [0.05, 0.1) is 13.0 Å². The lowest BCUT2D eigenvalue weighted by atomic mass is 10.4. The van der Waals surface area contributed by atoms with Gasteiger partial charge in [0, 0.05) is 13.5 Å². The third-order valence-corrected chi connectivity index (χ3v) is 2.50. The van der Waals surface area contributed by atoms with Crippen LogP contribution in [0.4, 0.5) is 5.13 Å². The van der Waals surface area contributed by atoms with Crippen molar-refractivity contribution in [3.05, 3.63) is 5.01 Å². The van der Waals surface area contributed by atoms with E-state index in [0.717, 1.165) is 5.01 Å². The van der Waals surface area contributed by atoms with E-state index in [1.54, 1.807) is 7.11 Å². The summed E-state index contributed by atoms with van der Waals surface area (Å²) in [5.41, 5.74) is 5.37. The van der Waals surface area contributed by atoms with Gasteiger partial charge in [-0.3, -0.25) is 4.79 Å². The van der Waals surface area contributed by atoms with Crippen molar-refractivity contribution in [1.29, 1.82) is 0 Å². The Morgan fingerprint density at radius 3 is 3.07 bits per heavy atom. The molecule has 1 amide bonds. The molecule has 0 aliphatic carbocycles. The summed E-state index contributed by atoms with van der Waals surface area (Å²) in [4.78, 5) is 11.3. The molecule has 3 N–H and O–H groups in total. The first-order valence-electron chi connectivity index (χ1n) is 4.57. The van der Waals surface area contributed by atoms with Crippen LogP contribution >= 0.6 is 11.3 Å². The van der Waals surface area contributed by atoms with E-state index < -0.39 is 0 Å². The molecule has 0 atom stereocenters. The number of nitrogens with one attached hydrogen (secondary N) is 1. The van der Waals surface area contributed by atoms with Crippen LogP contribution in [0.3, 0.4) is 0 Å². The van der Waals surface area contributed by atoms with E-state index in [2.05, 4.69) is 15.5 Å². The molecular weight excluding hydrogens is 216 g/mol. The summed E-state index contributed by atoms with van der Waals surface area (Å²) in [6.45, 7) is 0.937. The average molecular weight is 230 g/mol. The summed E-state index contributed by atoms with van der Waals surface area (Å²) in [5, 5.41) is 11.7. The van der Waals surface area contributed by atoms with Crippen LogP contribution in [0, 0.1) is 0 Å². The Labute approximate surface area is 91.8 Å². The Hall–Kier alpha value is -1.05. The van der Waals surface area contributed by atoms with Crippen molar-refractivity contribution in [2.75, 3.05) is 25.6 Å². The molecular formula is C8H14N4O2S. The van der Waals surface area contributed by atoms with Crippen LogP contribution in [0.5, 0.6) is 0 Å². The van der Waals surface area contributed by atoms with Crippen LogP contribution in [0.2, 0.25) is 0 Å². The van der Waals surface area contributed by atoms with Crippen molar-refractivity contribution in [2.24, 2.45) is 5.73 Å². The first-order chi connectivity index (χ1) is 7.26. The summed E-state index contributed by atoms with van der Waals surface area (Å²) < 4.78 is 4.78. The zero-order valence-electron chi connectivity index (χ0n) is 8.52. The molecule has 0 fully saturated rings. The predicted octanol–water partition coefficient (Wildman–Crippen LogP) is 0.0143. The Morgan fingerprint density at radius 2 is 2.40 bits per heavy atom. The van der Waals surface area contributed by atoms with E-state index in [4.69, 9.17) is 10.5 Å². The van der Waals surface area contributed by atoms with Crippen molar-refractivity contribution in [1.82, 2.24) is 10.2 Å². The average Bonchev–Trinajstić information content (AvgIpc) is 2.63. The summed E-state index contributed by atoms with van der Waals surface area (Å²) in [6.07, 6.45) is 1.01. The van der Waals surface area contributed by atoms with Gasteiger partial charge in [0.15, 0.2) is 0 Å². The molecule has 0 bridgehead atoms. The number of methoxy groups -OCH3 is 1. The van der Waals surface area contributed by atoms with E-state index in [-0.39, 0.29) is 5.91 Å². The smallest absolute Gasteiger partial charge is 0.228 e. The highest BCUT2D eigenvalue weighted by Gasteiger charge is 2.07. The highest BCUT2D eigenvalue weighted by Crippen LogP contribution is 2.15. The molecule has 1 heterocycles. The van der Waals surface area contributed by atoms with Crippen molar-refractivity contribution < 1.29 is 9.53 Å². The van der Waals surface area contributed by atoms with Gasteiger partial charge < -0.3 is 15.8 Å². The van der Waals surface area contributed by atoms with Crippen molar-refractivity contribution >= 4 is 22.4 Å². The van der Waals surface area contributed by atoms with E-state index in [0.29, 0.717) is 31.1 Å². The molecule has 0 saturated carbocycles. The number of anilines is 1. The number of amides is 1. The van der Waals surface area contributed by atoms with Gasteiger partial charge in [-0.2, -0.15) is 0 Å². The molecule has 1 rings (SSSR count). The van der Waals surface area contributed by atoms with Crippen LogP contribution in [-0.2, 0) is 16.0 Å². The van der Waals surface area contributed by atoms with Gasteiger partial charge in [-0.1, -0.05) is 11.3 Å². The zero-order chi connectivity index (χ0) is 11.1. The number of ether oxygens (including phenoxy) is 1. The quantitative estimate of drug-likeness (QED) is 0.718. The van der Waals surface area contributed by atoms with Gasteiger partial charge >= 0.3 is 0 Å². The van der Waals surface area contributed by atoms with Crippen molar-refractivity contribution in [3.8, 4) is 0 Å². The molecule has 15 heavy (non-hydrogen) atoms. The normalized spacial score (nSPS) is 10.3. The fourth-order valence-corrected chi connectivity index (χ4v) is 1.68. The molecule has 0 aliphatic heterocycles. The minimum absolute atomic E-state index is 0.118. The lowest BCUT2D eigenvalue weighted by molar-refractivity contribution is -0.117. The largest absolute Gasteiger partial charge is 0.384 e. The maximum atomic E-state index is 11.3. The van der Waals surface area contributed by atoms with Crippen LogP contribution in [0.25, 0.3) is 0 Å². The molecule has 1 aromatic heterocycles. The zero-order valence-corrected chi connectivity index (χ0v) is 9.34. The molecule has 0 radical (unpaired) electrons. The number of nitrogens with zero attached hydrogens (tertiary/aromatic N) is 2. The number of rotatable bonds is 6. The van der Waals surface area contributed by atoms with Crippen LogP contribution in [0.1, 0.15) is 11.4 Å². The number of nitrogens with two attached hydrogens (primary N) is 1. The molecule has 0 spiro atoms. The number of hydrogen-bond donors (Lipinski definition) is 2. The number of carbonyl (C=O) groups excluding carboxylic acids is 1. The third kappa shape index (κ3) is 4.32. The lowest BCUT2D eigenvalue weighted by Crippen LogP contribution is -2.13. The predicted molar refractivity (Wildman–Crippen MR) is 57.8 cm³/mol. The highest BCUT2D eigenvalue weighted by molar-refractivity contribution is 7.15.